The molecule has 0 saturated carbocycles. The van der Waals surface area contributed by atoms with E-state index in [0.717, 1.165) is 24.3 Å². The number of likely N-dealkylation sites (N-methyl/N-ethyl adjacent to an activating group) is 1. The van der Waals surface area contributed by atoms with Gasteiger partial charge < -0.3 is 29.7 Å². The van der Waals surface area contributed by atoms with Gasteiger partial charge in [0.1, 0.15) is 17.7 Å². The molecular formula is C30H35FN4O7S. The van der Waals surface area contributed by atoms with Gasteiger partial charge >= 0.3 is 6.03 Å². The number of carbonyl (C=O) groups excluding carboxylic acids is 2. The molecule has 0 unspecified atom stereocenters. The van der Waals surface area contributed by atoms with Gasteiger partial charge in [0.25, 0.3) is 15.9 Å². The Kier molecular flexibility index (Phi) is 9.77. The Balaban J connectivity index is 1.66. The number of hydrogen-bond acceptors (Lipinski definition) is 7. The first-order valence-electron chi connectivity index (χ1n) is 13.6. The number of para-hydroxylation sites is 1. The van der Waals surface area contributed by atoms with Gasteiger partial charge in [-0.05, 0) is 67.6 Å². The van der Waals surface area contributed by atoms with Gasteiger partial charge in [-0.2, -0.15) is 0 Å². The minimum Gasteiger partial charge on any atom is -0.497 e. The van der Waals surface area contributed by atoms with Crippen molar-refractivity contribution < 1.29 is 37.0 Å². The maximum absolute atomic E-state index is 13.7. The highest BCUT2D eigenvalue weighted by Crippen LogP contribution is 2.36. The normalized spacial score (nSPS) is 17.5. The Morgan fingerprint density at radius 1 is 1.16 bits per heavy atom. The van der Waals surface area contributed by atoms with E-state index in [2.05, 4.69) is 10.0 Å². The summed E-state index contributed by atoms with van der Waals surface area (Å²) in [5, 5.41) is 12.7. The summed E-state index contributed by atoms with van der Waals surface area (Å²) in [5.41, 5.74) is 0.638. The maximum Gasteiger partial charge on any atom is 0.321 e. The minimum absolute atomic E-state index is 0.00351. The number of amides is 3. The average Bonchev–Trinajstić information content (AvgIpc) is 2.99. The molecule has 0 spiro atoms. The number of nitrogens with zero attached hydrogens (tertiary/aromatic N) is 2. The van der Waals surface area contributed by atoms with Crippen LogP contribution in [0.5, 0.6) is 11.5 Å². The first kappa shape index (κ1) is 31.6. The summed E-state index contributed by atoms with van der Waals surface area (Å²) in [4.78, 5) is 29.5. The number of sulfonamides is 1. The third kappa shape index (κ3) is 7.35. The number of halogens is 1. The Morgan fingerprint density at radius 3 is 2.47 bits per heavy atom. The van der Waals surface area contributed by atoms with E-state index >= 15 is 0 Å². The van der Waals surface area contributed by atoms with Crippen molar-refractivity contribution in [3.63, 3.8) is 0 Å². The van der Waals surface area contributed by atoms with E-state index in [1.165, 1.54) is 28.0 Å². The number of methoxy groups -OCH3 is 1. The number of aliphatic hydroxyl groups excluding tert-OH is 1. The van der Waals surface area contributed by atoms with E-state index in [-0.39, 0.29) is 47.5 Å². The third-order valence-corrected chi connectivity index (χ3v) is 8.58. The van der Waals surface area contributed by atoms with Crippen LogP contribution in [0.4, 0.5) is 20.6 Å². The molecule has 0 saturated heterocycles. The Labute approximate surface area is 250 Å². The quantitative estimate of drug-likeness (QED) is 0.331. The van der Waals surface area contributed by atoms with Crippen LogP contribution < -0.4 is 19.5 Å². The predicted molar refractivity (Wildman–Crippen MR) is 159 cm³/mol. The monoisotopic (exact) mass is 614 g/mol. The fourth-order valence-electron chi connectivity index (χ4n) is 4.61. The van der Waals surface area contributed by atoms with Crippen molar-refractivity contribution in [1.29, 1.82) is 0 Å². The van der Waals surface area contributed by atoms with Crippen molar-refractivity contribution in [2.45, 2.75) is 30.9 Å². The Bertz CT molecular complexity index is 1550. The Morgan fingerprint density at radius 2 is 1.84 bits per heavy atom. The highest BCUT2D eigenvalue weighted by molar-refractivity contribution is 7.92. The largest absolute Gasteiger partial charge is 0.497 e. The van der Waals surface area contributed by atoms with Crippen LogP contribution in [0.1, 0.15) is 24.2 Å². The standard InChI is InChI=1S/C30H35FN4O7S/c1-19-16-35(20(2)18-36)29(37)25-6-5-7-26(33-43(39,40)24-14-8-21(31)9-15-24)28(25)42-27(19)17-34(3)30(38)32-22-10-12-23(41-4)13-11-22/h5-15,19-20,27,33,36H,16-18H2,1-4H3,(H,32,38)/t19-,20+,27+/m1/s1. The Hall–Kier alpha value is -4.36. The summed E-state index contributed by atoms with van der Waals surface area (Å²) in [5.74, 6) is -0.759. The molecule has 4 rings (SSSR count). The van der Waals surface area contributed by atoms with Gasteiger partial charge in [-0.15, -0.1) is 0 Å². The SMILES string of the molecule is COc1ccc(NC(=O)N(C)C[C@@H]2Oc3c(NS(=O)(=O)c4ccc(F)cc4)cccc3C(=O)N([C@@H](C)CO)C[C@H]2C)cc1. The summed E-state index contributed by atoms with van der Waals surface area (Å²) < 4.78 is 53.8. The molecule has 3 aromatic carbocycles. The fraction of sp³-hybridized carbons (Fsp3) is 0.333. The van der Waals surface area contributed by atoms with Crippen LogP contribution in [0.3, 0.4) is 0 Å². The first-order valence-corrected chi connectivity index (χ1v) is 15.1. The molecule has 1 aliphatic heterocycles. The molecule has 0 bridgehead atoms. The van der Waals surface area contributed by atoms with Gasteiger partial charge in [-0.3, -0.25) is 9.52 Å². The molecule has 43 heavy (non-hydrogen) atoms. The van der Waals surface area contributed by atoms with Crippen LogP contribution in [0.25, 0.3) is 0 Å². The number of urea groups is 1. The minimum atomic E-state index is -4.19. The topological polar surface area (TPSA) is 138 Å². The van der Waals surface area contributed by atoms with E-state index in [0.29, 0.717) is 11.4 Å². The fourth-order valence-corrected chi connectivity index (χ4v) is 5.67. The average molecular weight is 615 g/mol. The molecular weight excluding hydrogens is 579 g/mol. The number of fused-ring (bicyclic) bond motifs is 1. The lowest BCUT2D eigenvalue weighted by molar-refractivity contribution is 0.0373. The molecule has 3 aromatic rings. The molecule has 3 atom stereocenters. The number of rotatable bonds is 9. The van der Waals surface area contributed by atoms with Crippen molar-refractivity contribution in [2.75, 3.05) is 43.9 Å². The second-order valence-corrected chi connectivity index (χ2v) is 12.1. The predicted octanol–water partition coefficient (Wildman–Crippen LogP) is 4.02. The van der Waals surface area contributed by atoms with Crippen LogP contribution >= 0.6 is 0 Å². The van der Waals surface area contributed by atoms with Gasteiger partial charge in [0, 0.05) is 25.2 Å². The van der Waals surface area contributed by atoms with E-state index in [4.69, 9.17) is 9.47 Å². The summed E-state index contributed by atoms with van der Waals surface area (Å²) in [6.45, 7) is 3.56. The molecule has 230 valence electrons. The number of carbonyl (C=O) groups is 2. The number of anilines is 2. The van der Waals surface area contributed by atoms with Crippen LogP contribution in [-0.2, 0) is 10.0 Å². The molecule has 1 aliphatic rings. The second kappa shape index (κ2) is 13.3. The lowest BCUT2D eigenvalue weighted by Gasteiger charge is -2.38. The van der Waals surface area contributed by atoms with E-state index in [9.17, 15) is 27.5 Å². The van der Waals surface area contributed by atoms with Gasteiger partial charge in [0.05, 0.1) is 42.4 Å². The number of hydrogen-bond donors (Lipinski definition) is 3. The summed E-state index contributed by atoms with van der Waals surface area (Å²) in [7, 11) is -1.05. The number of benzene rings is 3. The summed E-state index contributed by atoms with van der Waals surface area (Å²) in [6, 6.07) is 14.7. The summed E-state index contributed by atoms with van der Waals surface area (Å²) in [6.07, 6.45) is -0.691. The second-order valence-electron chi connectivity index (χ2n) is 10.4. The number of aliphatic hydroxyl groups is 1. The van der Waals surface area contributed by atoms with Crippen LogP contribution in [-0.4, -0.2) is 81.3 Å². The van der Waals surface area contributed by atoms with E-state index in [1.807, 2.05) is 6.92 Å². The van der Waals surface area contributed by atoms with Gasteiger partial charge in [0.2, 0.25) is 0 Å². The lowest BCUT2D eigenvalue weighted by Crippen LogP contribution is -2.50. The van der Waals surface area contributed by atoms with Crippen molar-refractivity contribution in [2.24, 2.45) is 5.92 Å². The smallest absolute Gasteiger partial charge is 0.321 e. The van der Waals surface area contributed by atoms with E-state index < -0.39 is 39.9 Å². The molecule has 13 heteroatoms. The molecule has 3 N–H and O–H groups in total. The molecule has 0 aromatic heterocycles. The molecule has 0 aliphatic carbocycles. The highest BCUT2D eigenvalue weighted by atomic mass is 32.2. The van der Waals surface area contributed by atoms with Gasteiger partial charge in [-0.25, -0.2) is 17.6 Å². The van der Waals surface area contributed by atoms with Gasteiger partial charge in [0.15, 0.2) is 5.75 Å². The zero-order valence-corrected chi connectivity index (χ0v) is 25.1. The van der Waals surface area contributed by atoms with Gasteiger partial charge in [-0.1, -0.05) is 13.0 Å². The third-order valence-electron chi connectivity index (χ3n) is 7.20. The maximum atomic E-state index is 13.7. The van der Waals surface area contributed by atoms with Crippen LogP contribution in [0, 0.1) is 11.7 Å². The highest BCUT2D eigenvalue weighted by Gasteiger charge is 2.35. The zero-order chi connectivity index (χ0) is 31.3. The summed E-state index contributed by atoms with van der Waals surface area (Å²) >= 11 is 0. The molecule has 3 amide bonds. The number of ether oxygens (including phenoxy) is 2. The van der Waals surface area contributed by atoms with E-state index in [1.54, 1.807) is 45.3 Å². The first-order chi connectivity index (χ1) is 20.4. The molecule has 1 heterocycles. The lowest BCUT2D eigenvalue weighted by atomic mass is 9.99. The molecule has 0 radical (unpaired) electrons. The zero-order valence-electron chi connectivity index (χ0n) is 24.3. The molecule has 11 nitrogen and oxygen atoms in total. The van der Waals surface area contributed by atoms with Crippen molar-refractivity contribution in [1.82, 2.24) is 9.80 Å². The number of nitrogens with one attached hydrogen (secondary N) is 2. The van der Waals surface area contributed by atoms with Crippen molar-refractivity contribution in [3.05, 3.63) is 78.1 Å². The van der Waals surface area contributed by atoms with Crippen LogP contribution in [0.2, 0.25) is 0 Å². The van der Waals surface area contributed by atoms with Crippen LogP contribution in [0.15, 0.2) is 71.6 Å². The van der Waals surface area contributed by atoms with Crippen molar-refractivity contribution >= 4 is 33.3 Å². The molecule has 0 fully saturated rings. The van der Waals surface area contributed by atoms with Crippen molar-refractivity contribution in [3.8, 4) is 11.5 Å².